The zero-order valence-electron chi connectivity index (χ0n) is 5.00. The average Bonchev–Trinajstić information content (AvgIpc) is 1.79. The number of hydrogen-bond donors (Lipinski definition) is 3. The summed E-state index contributed by atoms with van der Waals surface area (Å²) in [6, 6.07) is 0.671. The first-order valence-electron chi connectivity index (χ1n) is 2.95. The second-order valence-electron chi connectivity index (χ2n) is 2.30. The molecular weight excluding hydrogens is 152 g/mol. The molecule has 0 spiro atoms. The predicted molar refractivity (Wildman–Crippen MR) is 45.7 cm³/mol. The number of nitrogens with two attached hydrogens (primary N) is 1. The van der Waals surface area contributed by atoms with Crippen molar-refractivity contribution >= 4 is 29.2 Å². The Morgan fingerprint density at radius 3 is 2.44 bits per heavy atom. The zero-order valence-corrected chi connectivity index (χ0v) is 6.71. The summed E-state index contributed by atoms with van der Waals surface area (Å²) in [5, 5.41) is 3.00. The summed E-state index contributed by atoms with van der Waals surface area (Å²) >= 11 is 8.65. The standard InChI is InChI=1S/C5H10N2S2/c6-3-1-2-4(3)7-5(8)9/h3-4H,1-2,6H2,(H2,7,8,9)/t3-,4-/m0/s1. The molecule has 1 saturated carbocycles. The van der Waals surface area contributed by atoms with Gasteiger partial charge in [0.25, 0.3) is 0 Å². The molecule has 0 aromatic carbocycles. The lowest BCUT2D eigenvalue weighted by atomic mass is 9.87. The highest BCUT2D eigenvalue weighted by Gasteiger charge is 2.26. The van der Waals surface area contributed by atoms with Crippen LogP contribution in [-0.4, -0.2) is 16.4 Å². The van der Waals surface area contributed by atoms with Gasteiger partial charge in [0, 0.05) is 12.1 Å². The lowest BCUT2D eigenvalue weighted by molar-refractivity contribution is 0.321. The summed E-state index contributed by atoms with van der Waals surface area (Å²) in [6.45, 7) is 0. The van der Waals surface area contributed by atoms with E-state index in [9.17, 15) is 0 Å². The van der Waals surface area contributed by atoms with Gasteiger partial charge in [-0.25, -0.2) is 0 Å². The summed E-state index contributed by atoms with van der Waals surface area (Å²) in [5.41, 5.74) is 5.61. The van der Waals surface area contributed by atoms with Gasteiger partial charge in [-0.1, -0.05) is 12.2 Å². The Balaban J connectivity index is 2.21. The van der Waals surface area contributed by atoms with Crippen molar-refractivity contribution < 1.29 is 0 Å². The fourth-order valence-corrected chi connectivity index (χ4v) is 1.18. The van der Waals surface area contributed by atoms with Gasteiger partial charge < -0.3 is 11.1 Å². The van der Waals surface area contributed by atoms with Crippen LogP contribution in [0.15, 0.2) is 0 Å². The topological polar surface area (TPSA) is 38.0 Å². The summed E-state index contributed by atoms with van der Waals surface area (Å²) in [6.07, 6.45) is 2.23. The van der Waals surface area contributed by atoms with Crippen molar-refractivity contribution in [1.82, 2.24) is 5.32 Å². The molecular formula is C5H10N2S2. The first-order valence-corrected chi connectivity index (χ1v) is 3.81. The maximum absolute atomic E-state index is 5.61. The largest absolute Gasteiger partial charge is 0.367 e. The second kappa shape index (κ2) is 2.86. The van der Waals surface area contributed by atoms with Gasteiger partial charge in [0.2, 0.25) is 0 Å². The number of hydrogen-bond acceptors (Lipinski definition) is 2. The minimum atomic E-state index is 0.287. The van der Waals surface area contributed by atoms with Crippen molar-refractivity contribution in [1.29, 1.82) is 0 Å². The van der Waals surface area contributed by atoms with Crippen molar-refractivity contribution in [2.45, 2.75) is 24.9 Å². The van der Waals surface area contributed by atoms with Gasteiger partial charge in [-0.3, -0.25) is 0 Å². The molecule has 0 aromatic rings. The number of thiocarbonyl (C=S) groups is 1. The van der Waals surface area contributed by atoms with E-state index in [1.165, 1.54) is 0 Å². The molecule has 1 rings (SSSR count). The van der Waals surface area contributed by atoms with Gasteiger partial charge in [0.1, 0.15) is 4.32 Å². The Morgan fingerprint density at radius 1 is 1.67 bits per heavy atom. The Hall–Kier alpha value is 0.200. The third-order valence-electron chi connectivity index (χ3n) is 1.64. The van der Waals surface area contributed by atoms with E-state index < -0.39 is 0 Å². The van der Waals surface area contributed by atoms with Crippen LogP contribution in [0, 0.1) is 0 Å². The van der Waals surface area contributed by atoms with Crippen molar-refractivity contribution in [2.24, 2.45) is 5.73 Å². The molecule has 2 atom stereocenters. The van der Waals surface area contributed by atoms with Crippen LogP contribution in [0.2, 0.25) is 0 Å². The molecule has 0 heterocycles. The molecule has 4 heteroatoms. The van der Waals surface area contributed by atoms with E-state index in [4.69, 9.17) is 18.0 Å². The van der Waals surface area contributed by atoms with Crippen LogP contribution in [0.4, 0.5) is 0 Å². The average molecular weight is 162 g/mol. The van der Waals surface area contributed by atoms with E-state index in [1.54, 1.807) is 0 Å². The highest BCUT2D eigenvalue weighted by atomic mass is 32.1. The summed E-state index contributed by atoms with van der Waals surface area (Å²) < 4.78 is 0.551. The quantitative estimate of drug-likeness (QED) is 0.383. The summed E-state index contributed by atoms with van der Waals surface area (Å²) in [5.74, 6) is 0. The molecule has 1 aliphatic rings. The van der Waals surface area contributed by atoms with E-state index in [-0.39, 0.29) is 6.04 Å². The van der Waals surface area contributed by atoms with Crippen molar-refractivity contribution in [2.75, 3.05) is 0 Å². The van der Waals surface area contributed by atoms with Gasteiger partial charge in [-0.05, 0) is 12.8 Å². The lowest BCUT2D eigenvalue weighted by Gasteiger charge is -2.34. The molecule has 2 nitrogen and oxygen atoms in total. The van der Waals surface area contributed by atoms with Gasteiger partial charge in [0.05, 0.1) is 0 Å². The van der Waals surface area contributed by atoms with Crippen LogP contribution in [-0.2, 0) is 0 Å². The van der Waals surface area contributed by atoms with E-state index in [2.05, 4.69) is 17.9 Å². The molecule has 0 unspecified atom stereocenters. The van der Waals surface area contributed by atoms with Gasteiger partial charge >= 0.3 is 0 Å². The smallest absolute Gasteiger partial charge is 0.130 e. The molecule has 0 radical (unpaired) electrons. The molecule has 52 valence electrons. The Morgan fingerprint density at radius 2 is 2.33 bits per heavy atom. The Labute approximate surface area is 65.6 Å². The molecule has 3 N–H and O–H groups in total. The third kappa shape index (κ3) is 1.81. The van der Waals surface area contributed by atoms with Crippen molar-refractivity contribution in [3.8, 4) is 0 Å². The van der Waals surface area contributed by atoms with Crippen molar-refractivity contribution in [3.63, 3.8) is 0 Å². The summed E-state index contributed by atoms with van der Waals surface area (Å²) in [4.78, 5) is 0. The molecule has 0 amide bonds. The molecule has 9 heavy (non-hydrogen) atoms. The molecule has 0 aliphatic heterocycles. The summed E-state index contributed by atoms with van der Waals surface area (Å²) in [7, 11) is 0. The second-order valence-corrected chi connectivity index (χ2v) is 3.46. The fourth-order valence-electron chi connectivity index (χ4n) is 0.864. The van der Waals surface area contributed by atoms with Crippen LogP contribution in [0.3, 0.4) is 0 Å². The van der Waals surface area contributed by atoms with Gasteiger partial charge in [-0.2, -0.15) is 0 Å². The van der Waals surface area contributed by atoms with E-state index in [0.717, 1.165) is 12.8 Å². The highest BCUT2D eigenvalue weighted by molar-refractivity contribution is 8.11. The number of nitrogens with one attached hydrogen (secondary N) is 1. The number of thiol groups is 1. The molecule has 0 bridgehead atoms. The lowest BCUT2D eigenvalue weighted by Crippen LogP contribution is -2.53. The minimum absolute atomic E-state index is 0.287. The molecule has 0 saturated heterocycles. The van der Waals surface area contributed by atoms with Gasteiger partial charge in [0.15, 0.2) is 0 Å². The Bertz CT molecular complexity index is 126. The molecule has 1 fully saturated rings. The first-order chi connectivity index (χ1) is 4.20. The molecule has 0 aromatic heterocycles. The van der Waals surface area contributed by atoms with Crippen LogP contribution in [0.25, 0.3) is 0 Å². The fraction of sp³-hybridized carbons (Fsp3) is 0.800. The van der Waals surface area contributed by atoms with Gasteiger partial charge in [-0.15, -0.1) is 12.6 Å². The van der Waals surface area contributed by atoms with Crippen LogP contribution in [0.5, 0.6) is 0 Å². The predicted octanol–water partition coefficient (Wildman–Crippen LogP) is 0.280. The first kappa shape index (κ1) is 7.31. The highest BCUT2D eigenvalue weighted by Crippen LogP contribution is 2.17. The van der Waals surface area contributed by atoms with E-state index >= 15 is 0 Å². The normalized spacial score (nSPS) is 33.1. The zero-order chi connectivity index (χ0) is 6.85. The Kier molecular flexibility index (Phi) is 2.32. The monoisotopic (exact) mass is 162 g/mol. The SMILES string of the molecule is N[C@H]1CC[C@@H]1NC(=S)S. The number of rotatable bonds is 1. The molecule has 1 aliphatic carbocycles. The third-order valence-corrected chi connectivity index (χ3v) is 1.88. The van der Waals surface area contributed by atoms with E-state index in [0.29, 0.717) is 10.4 Å². The van der Waals surface area contributed by atoms with Crippen LogP contribution < -0.4 is 11.1 Å². The van der Waals surface area contributed by atoms with Crippen LogP contribution >= 0.6 is 24.8 Å². The maximum Gasteiger partial charge on any atom is 0.130 e. The van der Waals surface area contributed by atoms with Crippen molar-refractivity contribution in [3.05, 3.63) is 0 Å². The minimum Gasteiger partial charge on any atom is -0.367 e. The van der Waals surface area contributed by atoms with Crippen LogP contribution in [0.1, 0.15) is 12.8 Å². The van der Waals surface area contributed by atoms with E-state index in [1.807, 2.05) is 0 Å². The maximum atomic E-state index is 5.61.